The summed E-state index contributed by atoms with van der Waals surface area (Å²) in [5.74, 6) is -0.181. The average molecular weight is 454 g/mol. The van der Waals surface area contributed by atoms with Crippen LogP contribution in [0.3, 0.4) is 0 Å². The van der Waals surface area contributed by atoms with Crippen molar-refractivity contribution < 1.29 is 13.9 Å². The number of hydrogen-bond donors (Lipinski definition) is 0. The third kappa shape index (κ3) is 2.93. The number of methoxy groups -OCH3 is 1. The van der Waals surface area contributed by atoms with Gasteiger partial charge in [0.25, 0.3) is 5.91 Å². The number of nitrogens with zero attached hydrogens (tertiary/aromatic N) is 3. The lowest BCUT2D eigenvalue weighted by atomic mass is 9.87. The van der Waals surface area contributed by atoms with Crippen molar-refractivity contribution in [2.45, 2.75) is 12.5 Å². The van der Waals surface area contributed by atoms with Crippen LogP contribution in [0.4, 0.5) is 4.39 Å². The molecule has 0 saturated carbocycles. The Hall–Kier alpha value is -3.06. The van der Waals surface area contributed by atoms with Crippen LogP contribution in [0.15, 0.2) is 66.0 Å². The summed E-state index contributed by atoms with van der Waals surface area (Å²) in [4.78, 5) is 22.9. The molecule has 146 valence electrons. The molecular weight excluding hydrogens is 437 g/mol. The van der Waals surface area contributed by atoms with E-state index in [4.69, 9.17) is 4.74 Å². The zero-order valence-corrected chi connectivity index (χ0v) is 17.4. The van der Waals surface area contributed by atoms with Gasteiger partial charge in [0.05, 0.1) is 13.3 Å². The van der Waals surface area contributed by atoms with Gasteiger partial charge in [-0.2, -0.15) is 0 Å². The Labute approximate surface area is 176 Å². The van der Waals surface area contributed by atoms with E-state index in [-0.39, 0.29) is 11.6 Å². The molecule has 0 saturated heterocycles. The zero-order valence-electron chi connectivity index (χ0n) is 15.8. The molecule has 1 atom stereocenters. The van der Waals surface area contributed by atoms with Crippen LogP contribution in [0.25, 0.3) is 5.70 Å². The lowest BCUT2D eigenvalue weighted by Gasteiger charge is -2.36. The molecule has 0 aliphatic carbocycles. The fraction of sp³-hybridized carbons (Fsp3) is 0.136. The number of hydrogen-bond acceptors (Lipinski definition) is 4. The minimum atomic E-state index is -1.18. The zero-order chi connectivity index (χ0) is 20.8. The van der Waals surface area contributed by atoms with Crippen LogP contribution in [-0.4, -0.2) is 27.9 Å². The first-order chi connectivity index (χ1) is 13.9. The SMILES string of the molecule is C=C(c1ccc(OC)cc1)N1C(=O)c2cc(Br)ccc2C1(C)c1ncncc1F. The van der Waals surface area contributed by atoms with E-state index in [1.165, 1.54) is 11.2 Å². The molecule has 0 fully saturated rings. The Morgan fingerprint density at radius 2 is 1.97 bits per heavy atom. The molecule has 1 aromatic heterocycles. The minimum absolute atomic E-state index is 0.108. The molecule has 1 amide bonds. The van der Waals surface area contributed by atoms with Gasteiger partial charge in [-0.3, -0.25) is 9.69 Å². The number of ether oxygens (including phenoxy) is 1. The van der Waals surface area contributed by atoms with Gasteiger partial charge >= 0.3 is 0 Å². The van der Waals surface area contributed by atoms with Crippen molar-refractivity contribution in [3.05, 3.63) is 94.2 Å². The van der Waals surface area contributed by atoms with Crippen molar-refractivity contribution in [2.24, 2.45) is 0 Å². The second kappa shape index (κ2) is 7.08. The van der Waals surface area contributed by atoms with Gasteiger partial charge < -0.3 is 4.74 Å². The standard InChI is InChI=1S/C22H17BrFN3O2/c1-13(14-4-7-16(29-3)8-5-14)27-21(28)17-10-15(23)6-9-18(17)22(27,2)20-19(24)11-25-12-26-20/h4-12H,1H2,2-3H3. The maximum Gasteiger partial charge on any atom is 0.259 e. The van der Waals surface area contributed by atoms with Crippen molar-refractivity contribution in [1.82, 2.24) is 14.9 Å². The first kappa shape index (κ1) is 19.3. The quantitative estimate of drug-likeness (QED) is 0.570. The summed E-state index contributed by atoms with van der Waals surface area (Å²) < 4.78 is 20.8. The summed E-state index contributed by atoms with van der Waals surface area (Å²) in [6.45, 7) is 5.92. The normalized spacial score (nSPS) is 17.9. The molecule has 4 rings (SSSR count). The third-order valence-electron chi connectivity index (χ3n) is 5.21. The topological polar surface area (TPSA) is 55.3 Å². The average Bonchev–Trinajstić information content (AvgIpc) is 2.95. The smallest absolute Gasteiger partial charge is 0.259 e. The fourth-order valence-electron chi connectivity index (χ4n) is 3.77. The molecule has 2 aromatic carbocycles. The lowest BCUT2D eigenvalue weighted by Crippen LogP contribution is -2.42. The largest absolute Gasteiger partial charge is 0.497 e. The number of rotatable bonds is 4. The Morgan fingerprint density at radius 3 is 2.62 bits per heavy atom. The predicted octanol–water partition coefficient (Wildman–Crippen LogP) is 4.78. The van der Waals surface area contributed by atoms with Crippen LogP contribution in [0, 0.1) is 5.82 Å². The first-order valence-electron chi connectivity index (χ1n) is 8.82. The second-order valence-electron chi connectivity index (χ2n) is 6.80. The van der Waals surface area contributed by atoms with Gasteiger partial charge in [0.15, 0.2) is 5.82 Å². The molecule has 7 heteroatoms. The van der Waals surface area contributed by atoms with Gasteiger partial charge in [0.2, 0.25) is 0 Å². The molecule has 5 nitrogen and oxygen atoms in total. The highest BCUT2D eigenvalue weighted by Crippen LogP contribution is 2.48. The molecule has 0 radical (unpaired) electrons. The van der Waals surface area contributed by atoms with Gasteiger partial charge in [-0.15, -0.1) is 0 Å². The third-order valence-corrected chi connectivity index (χ3v) is 5.70. The van der Waals surface area contributed by atoms with E-state index in [0.29, 0.717) is 28.1 Å². The molecule has 0 spiro atoms. The van der Waals surface area contributed by atoms with E-state index in [1.54, 1.807) is 38.3 Å². The number of carbonyl (C=O) groups excluding carboxylic acids is 1. The summed E-state index contributed by atoms with van der Waals surface area (Å²) >= 11 is 3.41. The van der Waals surface area contributed by atoms with E-state index in [2.05, 4.69) is 32.5 Å². The van der Waals surface area contributed by atoms with E-state index in [0.717, 1.165) is 10.7 Å². The van der Waals surface area contributed by atoms with Crippen LogP contribution in [-0.2, 0) is 5.54 Å². The van der Waals surface area contributed by atoms with Crippen molar-refractivity contribution in [1.29, 1.82) is 0 Å². The maximum atomic E-state index is 14.8. The number of carbonyl (C=O) groups is 1. The Bertz CT molecular complexity index is 1130. The molecule has 3 aromatic rings. The van der Waals surface area contributed by atoms with Crippen LogP contribution in [0.1, 0.15) is 34.1 Å². The van der Waals surface area contributed by atoms with E-state index >= 15 is 0 Å². The minimum Gasteiger partial charge on any atom is -0.497 e. The van der Waals surface area contributed by atoms with Crippen LogP contribution in [0.2, 0.25) is 0 Å². The summed E-state index contributed by atoms with van der Waals surface area (Å²) in [5.41, 5.74) is 1.19. The summed E-state index contributed by atoms with van der Waals surface area (Å²) in [6, 6.07) is 12.6. The van der Waals surface area contributed by atoms with Crippen LogP contribution < -0.4 is 4.74 Å². The monoisotopic (exact) mass is 453 g/mol. The first-order valence-corrected chi connectivity index (χ1v) is 9.61. The maximum absolute atomic E-state index is 14.8. The van der Waals surface area contributed by atoms with Crippen molar-refractivity contribution >= 4 is 27.5 Å². The van der Waals surface area contributed by atoms with Crippen molar-refractivity contribution in [3.63, 3.8) is 0 Å². The van der Waals surface area contributed by atoms with Gasteiger partial charge in [-0.25, -0.2) is 14.4 Å². The molecule has 29 heavy (non-hydrogen) atoms. The van der Waals surface area contributed by atoms with E-state index in [1.807, 2.05) is 18.2 Å². The lowest BCUT2D eigenvalue weighted by molar-refractivity contribution is 0.0773. The number of fused-ring (bicyclic) bond motifs is 1. The highest BCUT2D eigenvalue weighted by Gasteiger charge is 2.51. The van der Waals surface area contributed by atoms with Gasteiger partial charge in [-0.05, 0) is 54.4 Å². The predicted molar refractivity (Wildman–Crippen MR) is 111 cm³/mol. The fourth-order valence-corrected chi connectivity index (χ4v) is 4.13. The molecule has 1 aliphatic rings. The van der Waals surface area contributed by atoms with Gasteiger partial charge in [0, 0.05) is 15.7 Å². The van der Waals surface area contributed by atoms with Crippen molar-refractivity contribution in [2.75, 3.05) is 7.11 Å². The summed E-state index contributed by atoms with van der Waals surface area (Å²) in [5, 5.41) is 0. The number of halogens is 2. The number of amides is 1. The van der Waals surface area contributed by atoms with E-state index in [9.17, 15) is 9.18 Å². The molecule has 2 heterocycles. The highest BCUT2D eigenvalue weighted by molar-refractivity contribution is 9.10. The number of aromatic nitrogens is 2. The van der Waals surface area contributed by atoms with Gasteiger partial charge in [0.1, 0.15) is 23.3 Å². The summed E-state index contributed by atoms with van der Waals surface area (Å²) in [7, 11) is 1.58. The van der Waals surface area contributed by atoms with E-state index < -0.39 is 11.4 Å². The second-order valence-corrected chi connectivity index (χ2v) is 7.71. The van der Waals surface area contributed by atoms with Crippen LogP contribution in [0.5, 0.6) is 5.75 Å². The Balaban J connectivity index is 1.92. The van der Waals surface area contributed by atoms with Crippen LogP contribution >= 0.6 is 15.9 Å². The Kier molecular flexibility index (Phi) is 4.70. The molecule has 1 unspecified atom stereocenters. The molecular formula is C22H17BrFN3O2. The molecule has 0 N–H and O–H groups in total. The molecule has 1 aliphatic heterocycles. The molecule has 0 bridgehead atoms. The van der Waals surface area contributed by atoms with Crippen molar-refractivity contribution in [3.8, 4) is 5.75 Å². The highest BCUT2D eigenvalue weighted by atomic mass is 79.9. The van der Waals surface area contributed by atoms with Gasteiger partial charge in [-0.1, -0.05) is 28.6 Å². The number of benzene rings is 2. The Morgan fingerprint density at radius 1 is 1.24 bits per heavy atom. The summed E-state index contributed by atoms with van der Waals surface area (Å²) in [6.07, 6.45) is 2.38.